The van der Waals surface area contributed by atoms with Crippen LogP contribution in [0.15, 0.2) is 35.1 Å². The highest BCUT2D eigenvalue weighted by atomic mass is 16.5. The third kappa shape index (κ3) is 3.33. The van der Waals surface area contributed by atoms with Crippen LogP contribution in [0.4, 0.5) is 0 Å². The molecule has 2 rings (SSSR count). The first-order chi connectivity index (χ1) is 10.7. The van der Waals surface area contributed by atoms with Gasteiger partial charge in [0.1, 0.15) is 0 Å². The summed E-state index contributed by atoms with van der Waals surface area (Å²) in [5.74, 6) is -0.556. The molecule has 1 aromatic heterocycles. The van der Waals surface area contributed by atoms with E-state index in [4.69, 9.17) is 9.15 Å². The van der Waals surface area contributed by atoms with Crippen molar-refractivity contribution in [1.82, 2.24) is 10.3 Å². The summed E-state index contributed by atoms with van der Waals surface area (Å²) in [4.78, 5) is 28.0. The van der Waals surface area contributed by atoms with Crippen molar-refractivity contribution in [1.29, 1.82) is 0 Å². The minimum absolute atomic E-state index is 0.0672. The van der Waals surface area contributed by atoms with E-state index in [9.17, 15) is 9.59 Å². The quantitative estimate of drug-likeness (QED) is 0.830. The van der Waals surface area contributed by atoms with E-state index in [0.29, 0.717) is 17.7 Å². The molecule has 0 aliphatic carbocycles. The molecule has 0 saturated carbocycles. The predicted octanol–water partition coefficient (Wildman–Crippen LogP) is 2.66. The number of carbonyl (C=O) groups is 2. The average molecular weight is 302 g/mol. The molecule has 0 saturated heterocycles. The molecule has 0 unspecified atom stereocenters. The topological polar surface area (TPSA) is 81.4 Å². The summed E-state index contributed by atoms with van der Waals surface area (Å²) < 4.78 is 10.3. The lowest BCUT2D eigenvalue weighted by atomic mass is 10.0. The molecule has 0 bridgehead atoms. The molecular formula is C16H18N2O4. The molecule has 1 heterocycles. The number of aromatic nitrogens is 1. The van der Waals surface area contributed by atoms with Gasteiger partial charge in [0.25, 0.3) is 5.91 Å². The molecule has 116 valence electrons. The van der Waals surface area contributed by atoms with Crippen molar-refractivity contribution in [3.63, 3.8) is 0 Å². The number of hydrogen-bond donors (Lipinski definition) is 1. The zero-order chi connectivity index (χ0) is 15.9. The van der Waals surface area contributed by atoms with Gasteiger partial charge in [-0.1, -0.05) is 25.1 Å². The number of hydrogen-bond acceptors (Lipinski definition) is 5. The van der Waals surface area contributed by atoms with Gasteiger partial charge in [0.15, 0.2) is 17.8 Å². The van der Waals surface area contributed by atoms with Gasteiger partial charge in [-0.15, -0.1) is 0 Å². The molecule has 1 aromatic carbocycles. The summed E-state index contributed by atoms with van der Waals surface area (Å²) >= 11 is 0. The molecule has 1 N–H and O–H groups in total. The van der Waals surface area contributed by atoms with E-state index in [1.54, 1.807) is 31.2 Å². The van der Waals surface area contributed by atoms with Gasteiger partial charge < -0.3 is 14.5 Å². The molecule has 0 aliphatic heterocycles. The van der Waals surface area contributed by atoms with E-state index in [1.165, 1.54) is 6.39 Å². The SMILES string of the molecule is CCCNC(=O)c1ccccc1-c1ocnc1C(=O)OCC. The largest absolute Gasteiger partial charge is 0.461 e. The highest BCUT2D eigenvalue weighted by Gasteiger charge is 2.23. The van der Waals surface area contributed by atoms with Gasteiger partial charge in [0.2, 0.25) is 0 Å². The second kappa shape index (κ2) is 7.40. The number of amides is 1. The van der Waals surface area contributed by atoms with Gasteiger partial charge in [0, 0.05) is 12.1 Å². The van der Waals surface area contributed by atoms with Crippen LogP contribution < -0.4 is 5.32 Å². The Morgan fingerprint density at radius 3 is 2.77 bits per heavy atom. The number of nitrogens with zero attached hydrogens (tertiary/aromatic N) is 1. The Morgan fingerprint density at radius 2 is 2.05 bits per heavy atom. The summed E-state index contributed by atoms with van der Waals surface area (Å²) in [5, 5.41) is 2.81. The molecule has 6 heteroatoms. The maximum Gasteiger partial charge on any atom is 0.360 e. The average Bonchev–Trinajstić information content (AvgIpc) is 3.02. The first kappa shape index (κ1) is 15.8. The highest BCUT2D eigenvalue weighted by Crippen LogP contribution is 2.27. The van der Waals surface area contributed by atoms with Crippen molar-refractivity contribution in [3.8, 4) is 11.3 Å². The van der Waals surface area contributed by atoms with Gasteiger partial charge in [-0.3, -0.25) is 4.79 Å². The fourth-order valence-electron chi connectivity index (χ4n) is 1.99. The molecule has 0 fully saturated rings. The van der Waals surface area contributed by atoms with E-state index in [2.05, 4.69) is 10.3 Å². The maximum absolute atomic E-state index is 12.2. The van der Waals surface area contributed by atoms with Crippen LogP contribution in [0, 0.1) is 0 Å². The number of rotatable bonds is 6. The molecule has 0 radical (unpaired) electrons. The number of ether oxygens (including phenoxy) is 1. The molecule has 2 aromatic rings. The van der Waals surface area contributed by atoms with Gasteiger partial charge in [0.05, 0.1) is 12.2 Å². The van der Waals surface area contributed by atoms with Crippen LogP contribution >= 0.6 is 0 Å². The van der Waals surface area contributed by atoms with E-state index in [1.807, 2.05) is 6.92 Å². The number of benzene rings is 1. The number of oxazole rings is 1. The summed E-state index contributed by atoms with van der Waals surface area (Å²) in [5.41, 5.74) is 1.01. The van der Waals surface area contributed by atoms with Crippen LogP contribution in [0.3, 0.4) is 0 Å². The van der Waals surface area contributed by atoms with Crippen molar-refractivity contribution in [2.75, 3.05) is 13.2 Å². The summed E-state index contributed by atoms with van der Waals surface area (Å²) in [6, 6.07) is 6.91. The minimum Gasteiger partial charge on any atom is -0.461 e. The Kier molecular flexibility index (Phi) is 5.30. The minimum atomic E-state index is -0.574. The molecule has 6 nitrogen and oxygen atoms in total. The lowest BCUT2D eigenvalue weighted by Crippen LogP contribution is -2.24. The van der Waals surface area contributed by atoms with Gasteiger partial charge >= 0.3 is 5.97 Å². The Bertz CT molecular complexity index is 664. The first-order valence-corrected chi connectivity index (χ1v) is 7.17. The van der Waals surface area contributed by atoms with Crippen LogP contribution in [0.1, 0.15) is 41.1 Å². The maximum atomic E-state index is 12.2. The van der Waals surface area contributed by atoms with Gasteiger partial charge in [-0.05, 0) is 19.4 Å². The van der Waals surface area contributed by atoms with Crippen molar-refractivity contribution < 1.29 is 18.7 Å². The number of nitrogens with one attached hydrogen (secondary N) is 1. The van der Waals surface area contributed by atoms with Crippen LogP contribution in [0.2, 0.25) is 0 Å². The van der Waals surface area contributed by atoms with Crippen LogP contribution in [-0.2, 0) is 4.74 Å². The summed E-state index contributed by atoms with van der Waals surface area (Å²) in [6.07, 6.45) is 2.01. The van der Waals surface area contributed by atoms with Crippen LogP contribution in [0.25, 0.3) is 11.3 Å². The second-order valence-electron chi connectivity index (χ2n) is 4.55. The van der Waals surface area contributed by atoms with Gasteiger partial charge in [-0.2, -0.15) is 0 Å². The Hall–Kier alpha value is -2.63. The zero-order valence-corrected chi connectivity index (χ0v) is 12.6. The molecule has 0 atom stereocenters. The fourth-order valence-corrected chi connectivity index (χ4v) is 1.99. The summed E-state index contributed by atoms with van der Waals surface area (Å²) in [6.45, 7) is 4.50. The van der Waals surface area contributed by atoms with Crippen molar-refractivity contribution in [2.24, 2.45) is 0 Å². The Labute approximate surface area is 128 Å². The standard InChI is InChI=1S/C16H18N2O4/c1-3-9-17-15(19)12-8-6-5-7-11(12)14-13(18-10-22-14)16(20)21-4-2/h5-8,10H,3-4,9H2,1-2H3,(H,17,19). The third-order valence-corrected chi connectivity index (χ3v) is 2.99. The summed E-state index contributed by atoms with van der Waals surface area (Å²) in [7, 11) is 0. The van der Waals surface area contributed by atoms with E-state index >= 15 is 0 Å². The fraction of sp³-hybridized carbons (Fsp3) is 0.312. The van der Waals surface area contributed by atoms with Crippen molar-refractivity contribution in [3.05, 3.63) is 41.9 Å². The van der Waals surface area contributed by atoms with Crippen LogP contribution in [-0.4, -0.2) is 30.0 Å². The van der Waals surface area contributed by atoms with Crippen molar-refractivity contribution >= 4 is 11.9 Å². The molecule has 22 heavy (non-hydrogen) atoms. The number of carbonyl (C=O) groups excluding carboxylic acids is 2. The van der Waals surface area contributed by atoms with E-state index in [-0.39, 0.29) is 24.0 Å². The molecular weight excluding hydrogens is 284 g/mol. The Balaban J connectivity index is 2.40. The second-order valence-corrected chi connectivity index (χ2v) is 4.55. The smallest absolute Gasteiger partial charge is 0.360 e. The molecule has 0 spiro atoms. The number of esters is 1. The normalized spacial score (nSPS) is 10.3. The van der Waals surface area contributed by atoms with E-state index < -0.39 is 5.97 Å². The highest BCUT2D eigenvalue weighted by molar-refractivity contribution is 6.03. The molecule has 1 amide bonds. The van der Waals surface area contributed by atoms with E-state index in [0.717, 1.165) is 6.42 Å². The van der Waals surface area contributed by atoms with Crippen LogP contribution in [0.5, 0.6) is 0 Å². The molecule has 0 aliphatic rings. The lowest BCUT2D eigenvalue weighted by Gasteiger charge is -2.08. The monoisotopic (exact) mass is 302 g/mol. The van der Waals surface area contributed by atoms with Gasteiger partial charge in [-0.25, -0.2) is 9.78 Å². The third-order valence-electron chi connectivity index (χ3n) is 2.99. The van der Waals surface area contributed by atoms with Crippen molar-refractivity contribution in [2.45, 2.75) is 20.3 Å². The first-order valence-electron chi connectivity index (χ1n) is 7.17. The Morgan fingerprint density at radius 1 is 1.27 bits per heavy atom. The zero-order valence-electron chi connectivity index (χ0n) is 12.6. The predicted molar refractivity (Wildman–Crippen MR) is 80.5 cm³/mol. The lowest BCUT2D eigenvalue weighted by molar-refractivity contribution is 0.0520.